The number of aromatic amines is 1. The first-order valence-corrected chi connectivity index (χ1v) is 9.11. The normalized spacial score (nSPS) is 17.7. The third-order valence-corrected chi connectivity index (χ3v) is 5.16. The summed E-state index contributed by atoms with van der Waals surface area (Å²) in [4.78, 5) is 15.3. The Hall–Kier alpha value is -2.50. The summed E-state index contributed by atoms with van der Waals surface area (Å²) in [6.07, 6.45) is 4.23. The number of rotatable bonds is 4. The van der Waals surface area contributed by atoms with Crippen molar-refractivity contribution in [3.05, 3.63) is 40.7 Å². The third kappa shape index (κ3) is 3.41. The van der Waals surface area contributed by atoms with Gasteiger partial charge in [0, 0.05) is 23.4 Å². The Balaban J connectivity index is 1.97. The Labute approximate surface area is 154 Å². The molecule has 1 aromatic carbocycles. The summed E-state index contributed by atoms with van der Waals surface area (Å²) in [6, 6.07) is 5.41. The van der Waals surface area contributed by atoms with E-state index in [-0.39, 0.29) is 11.9 Å². The third-order valence-electron chi connectivity index (χ3n) is 5.16. The molecule has 1 aliphatic rings. The number of benzene rings is 1. The fourth-order valence-corrected chi connectivity index (χ4v) is 3.84. The lowest BCUT2D eigenvalue weighted by Gasteiger charge is -2.31. The van der Waals surface area contributed by atoms with Crippen molar-refractivity contribution >= 4 is 5.91 Å². The number of carbonyl (C=O) groups is 1. The maximum Gasteiger partial charge on any atom is 0.254 e. The standard InChI is InChI=1S/C20H27N3O3/c1-13-19(14(2)22-21-13)16-8-6-5-7-11-23(16)20(24)15-9-10-17(25-3)18(12-15)26-4/h9-10,12,16H,5-8,11H2,1-4H3,(H,21,22)/t16-/m1/s1. The molecule has 0 spiro atoms. The first-order valence-electron chi connectivity index (χ1n) is 9.11. The van der Waals surface area contributed by atoms with Crippen LogP contribution in [0.3, 0.4) is 0 Å². The van der Waals surface area contributed by atoms with Gasteiger partial charge in [-0.2, -0.15) is 5.10 Å². The molecule has 1 aromatic heterocycles. The molecule has 6 heteroatoms. The number of aryl methyl sites for hydroxylation is 2. The lowest BCUT2D eigenvalue weighted by atomic mass is 9.98. The zero-order valence-corrected chi connectivity index (χ0v) is 16.0. The minimum absolute atomic E-state index is 0.0258. The van der Waals surface area contributed by atoms with Crippen molar-refractivity contribution in [1.29, 1.82) is 0 Å². The van der Waals surface area contributed by atoms with E-state index in [2.05, 4.69) is 10.2 Å². The first-order chi connectivity index (χ1) is 12.6. The van der Waals surface area contributed by atoms with Gasteiger partial charge in [-0.3, -0.25) is 9.89 Å². The molecule has 1 N–H and O–H groups in total. The van der Waals surface area contributed by atoms with Gasteiger partial charge < -0.3 is 14.4 Å². The number of H-pyrrole nitrogens is 1. The zero-order chi connectivity index (χ0) is 18.7. The highest BCUT2D eigenvalue weighted by Crippen LogP contribution is 2.35. The minimum Gasteiger partial charge on any atom is -0.493 e. The van der Waals surface area contributed by atoms with Crippen molar-refractivity contribution < 1.29 is 14.3 Å². The summed E-state index contributed by atoms with van der Waals surface area (Å²) in [5, 5.41) is 7.40. The van der Waals surface area contributed by atoms with Crippen molar-refractivity contribution in [2.75, 3.05) is 20.8 Å². The highest BCUT2D eigenvalue weighted by atomic mass is 16.5. The molecule has 6 nitrogen and oxygen atoms in total. The van der Waals surface area contributed by atoms with Gasteiger partial charge in [-0.05, 0) is 44.9 Å². The van der Waals surface area contributed by atoms with Gasteiger partial charge in [0.1, 0.15) is 0 Å². The number of aromatic nitrogens is 2. The van der Waals surface area contributed by atoms with E-state index >= 15 is 0 Å². The van der Waals surface area contributed by atoms with Gasteiger partial charge >= 0.3 is 0 Å². The van der Waals surface area contributed by atoms with Gasteiger partial charge in [0.05, 0.1) is 26.0 Å². The van der Waals surface area contributed by atoms with Crippen LogP contribution in [0.2, 0.25) is 0 Å². The van der Waals surface area contributed by atoms with Crippen LogP contribution in [0.4, 0.5) is 0 Å². The van der Waals surface area contributed by atoms with Crippen molar-refractivity contribution in [2.45, 2.75) is 45.6 Å². The molecule has 1 atom stereocenters. The number of hydrogen-bond acceptors (Lipinski definition) is 4. The zero-order valence-electron chi connectivity index (χ0n) is 16.0. The first kappa shape index (κ1) is 18.3. The van der Waals surface area contributed by atoms with E-state index in [1.807, 2.05) is 18.7 Å². The molecule has 26 heavy (non-hydrogen) atoms. The topological polar surface area (TPSA) is 67.5 Å². The Kier molecular flexibility index (Phi) is 5.49. The van der Waals surface area contributed by atoms with Crippen LogP contribution in [0.5, 0.6) is 11.5 Å². The van der Waals surface area contributed by atoms with Crippen molar-refractivity contribution in [3.63, 3.8) is 0 Å². The van der Waals surface area contributed by atoms with E-state index in [4.69, 9.17) is 9.47 Å². The number of nitrogens with zero attached hydrogens (tertiary/aromatic N) is 2. The van der Waals surface area contributed by atoms with Crippen molar-refractivity contribution in [3.8, 4) is 11.5 Å². The lowest BCUT2D eigenvalue weighted by Crippen LogP contribution is -2.35. The van der Waals surface area contributed by atoms with Gasteiger partial charge in [0.25, 0.3) is 5.91 Å². The molecule has 2 aromatic rings. The highest BCUT2D eigenvalue weighted by molar-refractivity contribution is 5.95. The van der Waals surface area contributed by atoms with Gasteiger partial charge in [-0.1, -0.05) is 12.8 Å². The van der Waals surface area contributed by atoms with Crippen LogP contribution in [0.1, 0.15) is 59.0 Å². The SMILES string of the molecule is COc1ccc(C(=O)N2CCCCC[C@@H]2c2c(C)n[nH]c2C)cc1OC. The molecule has 0 saturated carbocycles. The maximum atomic E-state index is 13.3. The fraction of sp³-hybridized carbons (Fsp3) is 0.500. The van der Waals surface area contributed by atoms with E-state index in [0.717, 1.165) is 49.2 Å². The Morgan fingerprint density at radius 1 is 1.15 bits per heavy atom. The van der Waals surface area contributed by atoms with Crippen LogP contribution in [-0.4, -0.2) is 41.8 Å². The van der Waals surface area contributed by atoms with Gasteiger partial charge in [0.15, 0.2) is 11.5 Å². The number of likely N-dealkylation sites (tertiary alicyclic amines) is 1. The highest BCUT2D eigenvalue weighted by Gasteiger charge is 2.31. The van der Waals surface area contributed by atoms with Crippen LogP contribution in [-0.2, 0) is 0 Å². The van der Waals surface area contributed by atoms with E-state index < -0.39 is 0 Å². The molecule has 0 unspecified atom stereocenters. The second kappa shape index (κ2) is 7.81. The van der Waals surface area contributed by atoms with Crippen LogP contribution < -0.4 is 9.47 Å². The molecule has 0 bridgehead atoms. The number of carbonyl (C=O) groups excluding carboxylic acids is 1. The fourth-order valence-electron chi connectivity index (χ4n) is 3.84. The van der Waals surface area contributed by atoms with E-state index in [0.29, 0.717) is 17.1 Å². The summed E-state index contributed by atoms with van der Waals surface area (Å²) >= 11 is 0. The van der Waals surface area contributed by atoms with Gasteiger partial charge in [0.2, 0.25) is 0 Å². The number of hydrogen-bond donors (Lipinski definition) is 1. The predicted octanol–water partition coefficient (Wildman–Crippen LogP) is 3.80. The quantitative estimate of drug-likeness (QED) is 0.904. The van der Waals surface area contributed by atoms with Crippen LogP contribution >= 0.6 is 0 Å². The van der Waals surface area contributed by atoms with Crippen LogP contribution in [0.15, 0.2) is 18.2 Å². The molecule has 1 fully saturated rings. The molecular formula is C20H27N3O3. The predicted molar refractivity (Wildman–Crippen MR) is 99.9 cm³/mol. The second-order valence-corrected chi connectivity index (χ2v) is 6.78. The molecule has 0 aliphatic carbocycles. The molecule has 1 amide bonds. The minimum atomic E-state index is 0.0258. The van der Waals surface area contributed by atoms with Crippen molar-refractivity contribution in [2.24, 2.45) is 0 Å². The summed E-state index contributed by atoms with van der Waals surface area (Å²) < 4.78 is 10.7. The number of methoxy groups -OCH3 is 2. The number of nitrogens with one attached hydrogen (secondary N) is 1. The maximum absolute atomic E-state index is 13.3. The average Bonchev–Trinajstić information content (AvgIpc) is 2.86. The number of amides is 1. The molecular weight excluding hydrogens is 330 g/mol. The molecule has 1 aliphatic heterocycles. The van der Waals surface area contributed by atoms with Crippen molar-refractivity contribution in [1.82, 2.24) is 15.1 Å². The molecule has 2 heterocycles. The molecule has 1 saturated heterocycles. The Morgan fingerprint density at radius 2 is 1.92 bits per heavy atom. The van der Waals surface area contributed by atoms with Crippen LogP contribution in [0, 0.1) is 13.8 Å². The van der Waals surface area contributed by atoms with E-state index in [1.54, 1.807) is 32.4 Å². The van der Waals surface area contributed by atoms with E-state index in [9.17, 15) is 4.79 Å². The smallest absolute Gasteiger partial charge is 0.254 e. The van der Waals surface area contributed by atoms with Crippen LogP contribution in [0.25, 0.3) is 0 Å². The van der Waals surface area contributed by atoms with E-state index in [1.165, 1.54) is 0 Å². The summed E-state index contributed by atoms with van der Waals surface area (Å²) in [6.45, 7) is 4.78. The Morgan fingerprint density at radius 3 is 2.58 bits per heavy atom. The lowest BCUT2D eigenvalue weighted by molar-refractivity contribution is 0.0679. The number of ether oxygens (including phenoxy) is 2. The monoisotopic (exact) mass is 357 g/mol. The summed E-state index contributed by atoms with van der Waals surface area (Å²) in [5.41, 5.74) is 3.79. The molecule has 0 radical (unpaired) electrons. The summed E-state index contributed by atoms with van der Waals surface area (Å²) in [5.74, 6) is 1.22. The van der Waals surface area contributed by atoms with Gasteiger partial charge in [-0.25, -0.2) is 0 Å². The Bertz CT molecular complexity index is 765. The molecule has 3 rings (SSSR count). The van der Waals surface area contributed by atoms with Gasteiger partial charge in [-0.15, -0.1) is 0 Å². The average molecular weight is 357 g/mol. The summed E-state index contributed by atoms with van der Waals surface area (Å²) in [7, 11) is 3.17. The largest absolute Gasteiger partial charge is 0.493 e. The second-order valence-electron chi connectivity index (χ2n) is 6.78. The molecule has 140 valence electrons.